The van der Waals surface area contributed by atoms with E-state index in [1.54, 1.807) is 23.1 Å². The number of sulfone groups is 1. The third kappa shape index (κ3) is 4.64. The lowest BCUT2D eigenvalue weighted by molar-refractivity contribution is 0.182. The molecule has 1 aromatic carbocycles. The molecule has 3 rings (SSSR count). The molecule has 2 N–H and O–H groups in total. The van der Waals surface area contributed by atoms with Crippen LogP contribution in [-0.4, -0.2) is 53.4 Å². The molecule has 28 heavy (non-hydrogen) atoms. The summed E-state index contributed by atoms with van der Waals surface area (Å²) in [6, 6.07) is 4.39. The number of benzene rings is 1. The van der Waals surface area contributed by atoms with Gasteiger partial charge in [-0.1, -0.05) is 18.5 Å². The summed E-state index contributed by atoms with van der Waals surface area (Å²) in [7, 11) is -3.07. The van der Waals surface area contributed by atoms with E-state index in [2.05, 4.69) is 15.3 Å². The molecule has 10 heteroatoms. The topological polar surface area (TPSA) is 112 Å². The van der Waals surface area contributed by atoms with Crippen molar-refractivity contribution in [2.45, 2.75) is 44.0 Å². The fourth-order valence-corrected chi connectivity index (χ4v) is 4.57. The van der Waals surface area contributed by atoms with Crippen LogP contribution in [-0.2, 0) is 16.4 Å². The molecule has 0 unspecified atom stereocenters. The number of amides is 2. The molecule has 0 bridgehead atoms. The van der Waals surface area contributed by atoms with Crippen molar-refractivity contribution >= 4 is 38.4 Å². The third-order valence-electron chi connectivity index (χ3n) is 4.87. The molecule has 2 aromatic rings. The van der Waals surface area contributed by atoms with Crippen molar-refractivity contribution in [2.75, 3.05) is 12.8 Å². The highest BCUT2D eigenvalue weighted by Crippen LogP contribution is 2.26. The number of aromatic amines is 1. The van der Waals surface area contributed by atoms with Crippen molar-refractivity contribution in [2.24, 2.45) is 0 Å². The predicted molar refractivity (Wildman–Crippen MR) is 108 cm³/mol. The summed E-state index contributed by atoms with van der Waals surface area (Å²) in [6.45, 7) is 2.56. The Hall–Kier alpha value is -2.13. The minimum atomic E-state index is -3.07. The first-order chi connectivity index (χ1) is 13.2. The van der Waals surface area contributed by atoms with Gasteiger partial charge in [0.15, 0.2) is 0 Å². The van der Waals surface area contributed by atoms with E-state index in [0.717, 1.165) is 6.42 Å². The van der Waals surface area contributed by atoms with E-state index in [9.17, 15) is 18.0 Å². The first-order valence-electron chi connectivity index (χ1n) is 9.10. The second kappa shape index (κ2) is 8.08. The van der Waals surface area contributed by atoms with Crippen LogP contribution < -0.4 is 10.9 Å². The number of hydrogen-bond donors (Lipinski definition) is 2. The molecule has 0 spiro atoms. The molecule has 0 radical (unpaired) electrons. The average molecular weight is 427 g/mol. The van der Waals surface area contributed by atoms with E-state index in [0.29, 0.717) is 41.1 Å². The van der Waals surface area contributed by atoms with Crippen LogP contribution in [0.2, 0.25) is 5.02 Å². The molecule has 8 nitrogen and oxygen atoms in total. The van der Waals surface area contributed by atoms with Gasteiger partial charge in [0.05, 0.1) is 22.7 Å². The second-order valence-corrected chi connectivity index (χ2v) is 9.93. The number of H-pyrrole nitrogens is 1. The van der Waals surface area contributed by atoms with Gasteiger partial charge in [0.25, 0.3) is 5.56 Å². The lowest BCUT2D eigenvalue weighted by Gasteiger charge is -2.36. The molecular weight excluding hydrogens is 404 g/mol. The molecule has 1 heterocycles. The molecular formula is C18H23ClN4O4S. The zero-order valence-electron chi connectivity index (χ0n) is 15.7. The predicted octanol–water partition coefficient (Wildman–Crippen LogP) is 2.07. The van der Waals surface area contributed by atoms with Crippen LogP contribution >= 0.6 is 11.6 Å². The normalized spacial score (nSPS) is 19.2. The highest BCUT2D eigenvalue weighted by Gasteiger charge is 2.37. The van der Waals surface area contributed by atoms with Crippen molar-refractivity contribution in [3.8, 4) is 0 Å². The third-order valence-corrected chi connectivity index (χ3v) is 6.70. The van der Waals surface area contributed by atoms with Gasteiger partial charge in [-0.05, 0) is 37.5 Å². The van der Waals surface area contributed by atoms with Crippen molar-refractivity contribution in [1.29, 1.82) is 0 Å². The number of urea groups is 1. The van der Waals surface area contributed by atoms with Crippen molar-refractivity contribution < 1.29 is 13.2 Å². The number of carbonyl (C=O) groups is 1. The Balaban J connectivity index is 1.71. The van der Waals surface area contributed by atoms with Gasteiger partial charge in [-0.25, -0.2) is 18.2 Å². The van der Waals surface area contributed by atoms with Gasteiger partial charge in [0.1, 0.15) is 15.7 Å². The quantitative estimate of drug-likeness (QED) is 0.734. The number of aromatic nitrogens is 2. The highest BCUT2D eigenvalue weighted by atomic mass is 35.5. The number of hydrogen-bond acceptors (Lipinski definition) is 5. The number of rotatable bonds is 6. The molecule has 0 aliphatic heterocycles. The Bertz CT molecular complexity index is 1050. The minimum absolute atomic E-state index is 0.138. The van der Waals surface area contributed by atoms with Crippen molar-refractivity contribution in [1.82, 2.24) is 20.2 Å². The van der Waals surface area contributed by atoms with E-state index in [1.807, 2.05) is 6.92 Å². The molecule has 1 fully saturated rings. The molecule has 0 saturated heterocycles. The van der Waals surface area contributed by atoms with Gasteiger partial charge >= 0.3 is 6.03 Å². The highest BCUT2D eigenvalue weighted by molar-refractivity contribution is 7.91. The van der Waals surface area contributed by atoms with Gasteiger partial charge in [-0.2, -0.15) is 0 Å². The molecule has 0 atom stereocenters. The van der Waals surface area contributed by atoms with Crippen LogP contribution in [0.3, 0.4) is 0 Å². The van der Waals surface area contributed by atoms with Gasteiger partial charge in [-0.15, -0.1) is 0 Å². The lowest BCUT2D eigenvalue weighted by atomic mass is 9.92. The SMILES string of the molecule is CCCN(Cc1nc2cc(Cl)ccc2c(=O)[nH]1)C(=O)NC1CC(S(C)(=O)=O)C1. The molecule has 152 valence electrons. The fourth-order valence-electron chi connectivity index (χ4n) is 3.24. The van der Waals surface area contributed by atoms with Crippen molar-refractivity contribution in [3.05, 3.63) is 39.4 Å². The standard InChI is InChI=1S/C18H23ClN4O4S/c1-3-6-23(18(25)20-12-8-13(9-12)28(2,26)27)10-16-21-15-7-11(19)4-5-14(15)17(24)22-16/h4-5,7,12-13H,3,6,8-10H2,1-2H3,(H,20,25)(H,21,22,24). The Kier molecular flexibility index (Phi) is 5.95. The zero-order valence-corrected chi connectivity index (χ0v) is 17.3. The number of carbonyl (C=O) groups excluding carboxylic acids is 1. The van der Waals surface area contributed by atoms with Crippen LogP contribution in [0.5, 0.6) is 0 Å². The molecule has 2 amide bonds. The van der Waals surface area contributed by atoms with E-state index in [4.69, 9.17) is 11.6 Å². The van der Waals surface area contributed by atoms with Gasteiger partial charge < -0.3 is 15.2 Å². The fraction of sp³-hybridized carbons (Fsp3) is 0.500. The Morgan fingerprint density at radius 2 is 2.11 bits per heavy atom. The summed E-state index contributed by atoms with van der Waals surface area (Å²) in [5.74, 6) is 0.367. The first kappa shape index (κ1) is 20.6. The number of fused-ring (bicyclic) bond motifs is 1. The van der Waals surface area contributed by atoms with Gasteiger partial charge in [-0.3, -0.25) is 4.79 Å². The van der Waals surface area contributed by atoms with E-state index >= 15 is 0 Å². The van der Waals surface area contributed by atoms with Gasteiger partial charge in [0, 0.05) is 23.9 Å². The Labute approximate surface area is 168 Å². The van der Waals surface area contributed by atoms with Crippen LogP contribution in [0.1, 0.15) is 32.0 Å². The lowest BCUT2D eigenvalue weighted by Crippen LogP contribution is -2.53. The van der Waals surface area contributed by atoms with Crippen LogP contribution in [0.15, 0.2) is 23.0 Å². The largest absolute Gasteiger partial charge is 0.335 e. The van der Waals surface area contributed by atoms with Crippen LogP contribution in [0.4, 0.5) is 4.79 Å². The minimum Gasteiger partial charge on any atom is -0.335 e. The van der Waals surface area contributed by atoms with Crippen molar-refractivity contribution in [3.63, 3.8) is 0 Å². The molecule has 1 aliphatic carbocycles. The zero-order chi connectivity index (χ0) is 20.5. The number of nitrogens with one attached hydrogen (secondary N) is 2. The monoisotopic (exact) mass is 426 g/mol. The Morgan fingerprint density at radius 1 is 1.39 bits per heavy atom. The van der Waals surface area contributed by atoms with Crippen LogP contribution in [0.25, 0.3) is 10.9 Å². The maximum atomic E-state index is 12.6. The maximum Gasteiger partial charge on any atom is 0.318 e. The average Bonchev–Trinajstić information content (AvgIpc) is 2.55. The molecule has 1 aromatic heterocycles. The summed E-state index contributed by atoms with van der Waals surface area (Å²) in [6.07, 6.45) is 2.79. The van der Waals surface area contributed by atoms with E-state index < -0.39 is 9.84 Å². The summed E-state index contributed by atoms with van der Waals surface area (Å²) < 4.78 is 23.0. The summed E-state index contributed by atoms with van der Waals surface area (Å²) in [4.78, 5) is 33.6. The first-order valence-corrected chi connectivity index (χ1v) is 11.4. The smallest absolute Gasteiger partial charge is 0.318 e. The number of halogens is 1. The van der Waals surface area contributed by atoms with Gasteiger partial charge in [0.2, 0.25) is 0 Å². The molecule has 1 aliphatic rings. The second-order valence-electron chi connectivity index (χ2n) is 7.17. The summed E-state index contributed by atoms with van der Waals surface area (Å²) in [5, 5.41) is 3.39. The van der Waals surface area contributed by atoms with E-state index in [1.165, 1.54) is 6.26 Å². The summed E-state index contributed by atoms with van der Waals surface area (Å²) >= 11 is 5.98. The Morgan fingerprint density at radius 3 is 2.75 bits per heavy atom. The van der Waals surface area contributed by atoms with Crippen LogP contribution in [0, 0.1) is 0 Å². The van der Waals surface area contributed by atoms with E-state index in [-0.39, 0.29) is 29.4 Å². The molecule has 1 saturated carbocycles. The summed E-state index contributed by atoms with van der Waals surface area (Å²) in [5.41, 5.74) is 0.182. The number of nitrogens with zero attached hydrogens (tertiary/aromatic N) is 2. The maximum absolute atomic E-state index is 12.6.